The Morgan fingerprint density at radius 2 is 1.45 bits per heavy atom. The molecule has 1 aliphatic heterocycles. The summed E-state index contributed by atoms with van der Waals surface area (Å²) in [7, 11) is 0. The van der Waals surface area contributed by atoms with Crippen molar-refractivity contribution in [3.05, 3.63) is 0 Å². The Balaban J connectivity index is 1.47. The molecule has 5 aliphatic rings. The van der Waals surface area contributed by atoms with Gasteiger partial charge in [0.1, 0.15) is 0 Å². The first-order chi connectivity index (χ1) is 14.2. The van der Waals surface area contributed by atoms with Gasteiger partial charge >= 0.3 is 5.97 Å². The van der Waals surface area contributed by atoms with Gasteiger partial charge in [0.25, 0.3) is 5.91 Å². The molecule has 1 spiro atoms. The Hall–Kier alpha value is -1.39. The van der Waals surface area contributed by atoms with Crippen molar-refractivity contribution in [3.8, 4) is 0 Å². The van der Waals surface area contributed by atoms with E-state index in [1.54, 1.807) is 0 Å². The number of β-lactam (4-membered cyclic amide) rings is 1. The van der Waals surface area contributed by atoms with E-state index in [2.05, 4.69) is 20.8 Å². The fourth-order valence-corrected chi connectivity index (χ4v) is 7.62. The number of hydrogen-bond acceptors (Lipinski definition) is 4. The highest BCUT2D eigenvalue weighted by atomic mass is 16.5. The van der Waals surface area contributed by atoms with Crippen molar-refractivity contribution < 1.29 is 19.1 Å². The minimum absolute atomic E-state index is 0.0526. The van der Waals surface area contributed by atoms with Crippen LogP contribution in [0.1, 0.15) is 93.4 Å². The molecule has 0 aromatic carbocycles. The normalized spacial score (nSPS) is 36.4. The average molecular weight is 432 g/mol. The van der Waals surface area contributed by atoms with Gasteiger partial charge in [-0.1, -0.05) is 41.5 Å². The van der Waals surface area contributed by atoms with Crippen LogP contribution in [0.15, 0.2) is 0 Å². The lowest BCUT2D eigenvalue weighted by Gasteiger charge is -2.67. The third kappa shape index (κ3) is 3.54. The SMILES string of the molecule is CC(C)(C)CC(C)(C(=O)OCC(=O)N1C(=O)CC12C1CC3CC(C1)CC2C3)C(C)(C)C. The second kappa shape index (κ2) is 7.05. The maximum absolute atomic E-state index is 13.2. The maximum Gasteiger partial charge on any atom is 0.312 e. The molecule has 0 radical (unpaired) electrons. The summed E-state index contributed by atoms with van der Waals surface area (Å²) in [5, 5.41) is 0. The summed E-state index contributed by atoms with van der Waals surface area (Å²) in [6.07, 6.45) is 7.10. The van der Waals surface area contributed by atoms with Crippen LogP contribution in [-0.4, -0.2) is 34.8 Å². The van der Waals surface area contributed by atoms with Crippen LogP contribution in [-0.2, 0) is 19.1 Å². The fourth-order valence-electron chi connectivity index (χ4n) is 7.62. The number of hydrogen-bond donors (Lipinski definition) is 0. The Labute approximate surface area is 187 Å². The van der Waals surface area contributed by atoms with Gasteiger partial charge in [-0.25, -0.2) is 0 Å². The highest BCUT2D eigenvalue weighted by Gasteiger charge is 2.67. The van der Waals surface area contributed by atoms with Crippen LogP contribution >= 0.6 is 0 Å². The molecule has 0 aromatic rings. The summed E-state index contributed by atoms with van der Waals surface area (Å²) in [5.74, 6) is 1.72. The van der Waals surface area contributed by atoms with E-state index in [1.165, 1.54) is 11.3 Å². The largest absolute Gasteiger partial charge is 0.455 e. The molecule has 0 aromatic heterocycles. The maximum atomic E-state index is 13.2. The van der Waals surface area contributed by atoms with Crippen LogP contribution in [0.3, 0.4) is 0 Å². The predicted octanol–water partition coefficient (Wildman–Crippen LogP) is 4.97. The quantitative estimate of drug-likeness (QED) is 0.466. The predicted molar refractivity (Wildman–Crippen MR) is 119 cm³/mol. The van der Waals surface area contributed by atoms with Crippen LogP contribution in [0.4, 0.5) is 0 Å². The van der Waals surface area contributed by atoms with Crippen molar-refractivity contribution in [1.82, 2.24) is 4.90 Å². The van der Waals surface area contributed by atoms with Gasteiger partial charge in [0.15, 0.2) is 6.61 Å². The minimum Gasteiger partial charge on any atom is -0.455 e. The van der Waals surface area contributed by atoms with Crippen molar-refractivity contribution in [2.45, 2.75) is 99.0 Å². The average Bonchev–Trinajstić information content (AvgIpc) is 2.59. The second-order valence-corrected chi connectivity index (χ2v) is 13.5. The van der Waals surface area contributed by atoms with E-state index in [0.717, 1.165) is 37.5 Å². The number of carbonyl (C=O) groups excluding carboxylic acids is 3. The van der Waals surface area contributed by atoms with Gasteiger partial charge in [-0.05, 0) is 80.0 Å². The first kappa shape index (κ1) is 22.8. The third-order valence-corrected chi connectivity index (χ3v) is 9.22. The van der Waals surface area contributed by atoms with E-state index in [1.807, 2.05) is 27.7 Å². The number of ether oxygens (including phenoxy) is 1. The summed E-state index contributed by atoms with van der Waals surface area (Å²) in [5.41, 5.74) is -1.36. The summed E-state index contributed by atoms with van der Waals surface area (Å²) in [6.45, 7) is 14.1. The Kier molecular flexibility index (Phi) is 5.19. The lowest BCUT2D eigenvalue weighted by molar-refractivity contribution is -0.206. The van der Waals surface area contributed by atoms with Gasteiger partial charge in [0.2, 0.25) is 5.91 Å². The smallest absolute Gasteiger partial charge is 0.312 e. The summed E-state index contributed by atoms with van der Waals surface area (Å²) >= 11 is 0. The van der Waals surface area contributed by atoms with Gasteiger partial charge in [-0.2, -0.15) is 0 Å². The number of carbonyl (C=O) groups is 3. The molecule has 1 unspecified atom stereocenters. The highest BCUT2D eigenvalue weighted by Crippen LogP contribution is 2.64. The molecule has 4 bridgehead atoms. The molecule has 1 atom stereocenters. The number of likely N-dealkylation sites (tertiary alicyclic amines) is 1. The van der Waals surface area contributed by atoms with Crippen molar-refractivity contribution in [1.29, 1.82) is 0 Å². The van der Waals surface area contributed by atoms with E-state index in [-0.39, 0.29) is 40.8 Å². The van der Waals surface area contributed by atoms with Crippen molar-refractivity contribution >= 4 is 17.8 Å². The molecule has 5 rings (SSSR count). The molecule has 0 N–H and O–H groups in total. The zero-order chi connectivity index (χ0) is 23.0. The van der Waals surface area contributed by atoms with Gasteiger partial charge in [-0.3, -0.25) is 19.3 Å². The highest BCUT2D eigenvalue weighted by molar-refractivity contribution is 6.03. The Morgan fingerprint density at radius 3 is 1.87 bits per heavy atom. The Bertz CT molecular complexity index is 758. The number of nitrogens with zero attached hydrogens (tertiary/aromatic N) is 1. The van der Waals surface area contributed by atoms with Gasteiger partial charge in [0, 0.05) is 0 Å². The monoisotopic (exact) mass is 431 g/mol. The molecule has 2 amide bonds. The van der Waals surface area contributed by atoms with Gasteiger partial charge < -0.3 is 4.74 Å². The van der Waals surface area contributed by atoms with E-state index in [9.17, 15) is 14.4 Å². The molecule has 1 heterocycles. The van der Waals surface area contributed by atoms with Crippen molar-refractivity contribution in [2.24, 2.45) is 39.9 Å². The molecule has 4 aliphatic carbocycles. The second-order valence-electron chi connectivity index (χ2n) is 13.5. The zero-order valence-corrected chi connectivity index (χ0v) is 20.5. The van der Waals surface area contributed by atoms with Crippen molar-refractivity contribution in [2.75, 3.05) is 6.61 Å². The van der Waals surface area contributed by atoms with E-state index < -0.39 is 5.41 Å². The minimum atomic E-state index is -0.717. The Morgan fingerprint density at radius 1 is 0.935 bits per heavy atom. The zero-order valence-electron chi connectivity index (χ0n) is 20.5. The first-order valence-corrected chi connectivity index (χ1v) is 12.2. The molecule has 31 heavy (non-hydrogen) atoms. The van der Waals surface area contributed by atoms with Gasteiger partial charge in [0.05, 0.1) is 17.4 Å². The van der Waals surface area contributed by atoms with Crippen LogP contribution < -0.4 is 0 Å². The van der Waals surface area contributed by atoms with Crippen LogP contribution in [0.2, 0.25) is 0 Å². The number of esters is 1. The molecular weight excluding hydrogens is 390 g/mol. The molecular formula is C26H41NO4. The van der Waals surface area contributed by atoms with E-state index in [0.29, 0.717) is 24.7 Å². The van der Waals surface area contributed by atoms with Gasteiger partial charge in [-0.15, -0.1) is 0 Å². The van der Waals surface area contributed by atoms with Crippen LogP contribution in [0, 0.1) is 39.9 Å². The number of imide groups is 1. The number of amides is 2. The summed E-state index contributed by atoms with van der Waals surface area (Å²) in [4.78, 5) is 40.6. The molecule has 5 heteroatoms. The summed E-state index contributed by atoms with van der Waals surface area (Å²) in [6, 6.07) is 0. The third-order valence-electron chi connectivity index (χ3n) is 9.22. The van der Waals surface area contributed by atoms with Crippen LogP contribution in [0.5, 0.6) is 0 Å². The summed E-state index contributed by atoms with van der Waals surface area (Å²) < 4.78 is 5.65. The lowest BCUT2D eigenvalue weighted by Crippen LogP contribution is -2.76. The van der Waals surface area contributed by atoms with E-state index in [4.69, 9.17) is 4.74 Å². The molecule has 5 nitrogen and oxygen atoms in total. The number of rotatable bonds is 4. The molecule has 174 valence electrons. The van der Waals surface area contributed by atoms with Crippen LogP contribution in [0.25, 0.3) is 0 Å². The topological polar surface area (TPSA) is 63.7 Å². The molecule has 5 fully saturated rings. The standard InChI is InChI=1S/C26H41NO4/c1-23(2,3)15-25(7,24(4,5)6)22(30)31-14-21(29)27-20(28)13-26(27)18-9-16-8-17(11-18)12-19(26)10-16/h16-19H,8-15H2,1-7H3. The van der Waals surface area contributed by atoms with E-state index >= 15 is 0 Å². The lowest BCUT2D eigenvalue weighted by atomic mass is 9.45. The fraction of sp³-hybridized carbons (Fsp3) is 0.885. The molecule has 1 saturated heterocycles. The molecule has 4 saturated carbocycles. The first-order valence-electron chi connectivity index (χ1n) is 12.2. The van der Waals surface area contributed by atoms with Crippen molar-refractivity contribution in [3.63, 3.8) is 0 Å².